The molecule has 0 fully saturated rings. The second-order valence-corrected chi connectivity index (χ2v) is 6.37. The Morgan fingerprint density at radius 2 is 1.77 bits per heavy atom. The van der Waals surface area contributed by atoms with E-state index in [1.807, 2.05) is 39.0 Å². The SMILES string of the molecule is Cc1ccccc1OCC(=O)N[C@@H](CC(C)C)C(=O)NC(C)C(=O)O.[H-].[K+]. The Bertz CT molecular complexity index is 628. The van der Waals surface area contributed by atoms with Gasteiger partial charge < -0.3 is 21.9 Å². The molecule has 8 heteroatoms. The van der Waals surface area contributed by atoms with Crippen molar-refractivity contribution in [2.75, 3.05) is 6.61 Å². The molecule has 3 N–H and O–H groups in total. The second-order valence-electron chi connectivity index (χ2n) is 6.37. The van der Waals surface area contributed by atoms with Crippen LogP contribution in [0.5, 0.6) is 5.75 Å². The van der Waals surface area contributed by atoms with Crippen LogP contribution in [-0.4, -0.2) is 41.6 Å². The summed E-state index contributed by atoms with van der Waals surface area (Å²) in [6.45, 7) is 6.85. The molecule has 0 saturated heterocycles. The van der Waals surface area contributed by atoms with Crippen molar-refractivity contribution in [3.8, 4) is 5.75 Å². The van der Waals surface area contributed by atoms with Gasteiger partial charge in [0.15, 0.2) is 6.61 Å². The Morgan fingerprint density at radius 3 is 2.31 bits per heavy atom. The molecule has 1 aromatic carbocycles. The fourth-order valence-corrected chi connectivity index (χ4v) is 2.18. The number of carboxylic acid groups (broad SMARTS) is 1. The second kappa shape index (κ2) is 12.5. The Hall–Kier alpha value is -0.934. The molecule has 0 aromatic heterocycles. The summed E-state index contributed by atoms with van der Waals surface area (Å²) in [7, 11) is 0. The van der Waals surface area contributed by atoms with Crippen LogP contribution in [0.4, 0.5) is 0 Å². The molecule has 0 aliphatic heterocycles. The maximum absolute atomic E-state index is 12.2. The van der Waals surface area contributed by atoms with Crippen molar-refractivity contribution < 1.29 is 77.0 Å². The third-order valence-electron chi connectivity index (χ3n) is 3.54. The van der Waals surface area contributed by atoms with Gasteiger partial charge in [0.1, 0.15) is 17.8 Å². The van der Waals surface area contributed by atoms with Crippen molar-refractivity contribution in [1.29, 1.82) is 0 Å². The van der Waals surface area contributed by atoms with Crippen molar-refractivity contribution >= 4 is 17.8 Å². The van der Waals surface area contributed by atoms with Crippen LogP contribution >= 0.6 is 0 Å². The molecular weight excluding hydrogens is 363 g/mol. The summed E-state index contributed by atoms with van der Waals surface area (Å²) in [5, 5.41) is 13.9. The first-order chi connectivity index (χ1) is 11.7. The topological polar surface area (TPSA) is 105 Å². The number of ether oxygens (including phenoxy) is 1. The number of hydrogen-bond donors (Lipinski definition) is 3. The van der Waals surface area contributed by atoms with Crippen molar-refractivity contribution in [1.82, 2.24) is 10.6 Å². The largest absolute Gasteiger partial charge is 1.00 e. The summed E-state index contributed by atoms with van der Waals surface area (Å²) in [4.78, 5) is 35.2. The predicted molar refractivity (Wildman–Crippen MR) is 94.4 cm³/mol. The van der Waals surface area contributed by atoms with Gasteiger partial charge in [0, 0.05) is 0 Å². The minimum absolute atomic E-state index is 0. The molecule has 2 atom stereocenters. The molecule has 1 rings (SSSR count). The van der Waals surface area contributed by atoms with E-state index in [1.165, 1.54) is 6.92 Å². The van der Waals surface area contributed by atoms with Gasteiger partial charge in [-0.1, -0.05) is 32.0 Å². The first-order valence-electron chi connectivity index (χ1n) is 8.21. The van der Waals surface area contributed by atoms with Crippen molar-refractivity contribution in [2.24, 2.45) is 5.92 Å². The molecule has 0 heterocycles. The van der Waals surface area contributed by atoms with Crippen LogP contribution in [0.3, 0.4) is 0 Å². The normalized spacial score (nSPS) is 12.5. The summed E-state index contributed by atoms with van der Waals surface area (Å²) in [5.74, 6) is -1.35. The van der Waals surface area contributed by atoms with E-state index in [9.17, 15) is 14.4 Å². The molecule has 0 bridgehead atoms. The Balaban J connectivity index is 0. The number of aryl methyl sites for hydroxylation is 1. The van der Waals surface area contributed by atoms with Gasteiger partial charge in [0.2, 0.25) is 5.91 Å². The van der Waals surface area contributed by atoms with Crippen LogP contribution < -0.4 is 66.8 Å². The number of benzene rings is 1. The first-order valence-corrected chi connectivity index (χ1v) is 8.21. The number of carboxylic acids is 1. The zero-order valence-corrected chi connectivity index (χ0v) is 19.2. The quantitative estimate of drug-likeness (QED) is 0.451. The fraction of sp³-hybridized carbons (Fsp3) is 0.500. The monoisotopic (exact) mass is 390 g/mol. The summed E-state index contributed by atoms with van der Waals surface area (Å²) >= 11 is 0. The van der Waals surface area contributed by atoms with Crippen molar-refractivity contribution in [3.05, 3.63) is 29.8 Å². The van der Waals surface area contributed by atoms with E-state index in [-0.39, 0.29) is 65.3 Å². The maximum atomic E-state index is 12.2. The van der Waals surface area contributed by atoms with E-state index in [2.05, 4.69) is 10.6 Å². The van der Waals surface area contributed by atoms with E-state index in [1.54, 1.807) is 6.07 Å². The van der Waals surface area contributed by atoms with Crippen LogP contribution in [0.1, 0.15) is 34.2 Å². The van der Waals surface area contributed by atoms with E-state index in [4.69, 9.17) is 9.84 Å². The van der Waals surface area contributed by atoms with Gasteiger partial charge in [-0.2, -0.15) is 0 Å². The third kappa shape index (κ3) is 9.13. The van der Waals surface area contributed by atoms with Gasteiger partial charge in [-0.3, -0.25) is 14.4 Å². The summed E-state index contributed by atoms with van der Waals surface area (Å²) < 4.78 is 5.47. The first kappa shape index (κ1) is 25.1. The van der Waals surface area contributed by atoms with Crippen LogP contribution in [0.2, 0.25) is 0 Å². The average molecular weight is 391 g/mol. The maximum Gasteiger partial charge on any atom is 1.00 e. The third-order valence-corrected chi connectivity index (χ3v) is 3.54. The van der Waals surface area contributed by atoms with E-state index >= 15 is 0 Å². The molecule has 140 valence electrons. The molecule has 0 radical (unpaired) electrons. The van der Waals surface area contributed by atoms with Gasteiger partial charge in [-0.05, 0) is 37.8 Å². The number of amides is 2. The molecule has 1 aromatic rings. The number of para-hydroxylation sites is 1. The summed E-state index contributed by atoms with van der Waals surface area (Å²) in [6, 6.07) is 5.47. The van der Waals surface area contributed by atoms with Gasteiger partial charge in [0.05, 0.1) is 0 Å². The number of rotatable bonds is 9. The Morgan fingerprint density at radius 1 is 1.15 bits per heavy atom. The Kier molecular flexibility index (Phi) is 12.0. The number of carbonyl (C=O) groups excluding carboxylic acids is 2. The predicted octanol–water partition coefficient (Wildman–Crippen LogP) is -1.39. The van der Waals surface area contributed by atoms with Crippen LogP contribution in [0.25, 0.3) is 0 Å². The van der Waals surface area contributed by atoms with Crippen LogP contribution in [-0.2, 0) is 14.4 Å². The van der Waals surface area contributed by atoms with Gasteiger partial charge in [0.25, 0.3) is 5.91 Å². The summed E-state index contributed by atoms with van der Waals surface area (Å²) in [5.41, 5.74) is 0.905. The molecule has 7 nitrogen and oxygen atoms in total. The van der Waals surface area contributed by atoms with Gasteiger partial charge in [-0.15, -0.1) is 0 Å². The minimum Gasteiger partial charge on any atom is -1.00 e. The van der Waals surface area contributed by atoms with Crippen LogP contribution in [0, 0.1) is 12.8 Å². The summed E-state index contributed by atoms with van der Waals surface area (Å²) in [6.07, 6.45) is 0.397. The standard InChI is InChI=1S/C18H26N2O5.K.H/c1-11(2)9-14(17(22)19-13(4)18(23)24)20-16(21)10-25-15-8-6-5-7-12(15)3;;/h5-8,11,13-14H,9-10H2,1-4H3,(H,19,22)(H,20,21)(H,23,24);;/q;+1;-1/t13?,14-;;/m0../s1. The molecule has 2 amide bonds. The zero-order valence-electron chi connectivity index (χ0n) is 17.0. The molecule has 26 heavy (non-hydrogen) atoms. The molecule has 0 aliphatic carbocycles. The average Bonchev–Trinajstić information content (AvgIpc) is 2.52. The number of hydrogen-bond acceptors (Lipinski definition) is 4. The smallest absolute Gasteiger partial charge is 1.00 e. The zero-order chi connectivity index (χ0) is 19.0. The Labute approximate surface area is 198 Å². The molecule has 0 spiro atoms. The minimum atomic E-state index is -1.13. The van der Waals surface area contributed by atoms with E-state index in [0.29, 0.717) is 12.2 Å². The fourth-order valence-electron chi connectivity index (χ4n) is 2.18. The number of carbonyl (C=O) groups is 3. The molecule has 1 unspecified atom stereocenters. The van der Waals surface area contributed by atoms with Crippen LogP contribution in [0.15, 0.2) is 24.3 Å². The number of nitrogens with one attached hydrogen (secondary N) is 2. The molecule has 0 saturated carbocycles. The van der Waals surface area contributed by atoms with E-state index in [0.717, 1.165) is 5.56 Å². The molecule has 0 aliphatic rings. The van der Waals surface area contributed by atoms with E-state index < -0.39 is 29.9 Å². The van der Waals surface area contributed by atoms with Gasteiger partial charge in [-0.25, -0.2) is 0 Å². The van der Waals surface area contributed by atoms with Gasteiger partial charge >= 0.3 is 57.4 Å². The number of aliphatic carboxylic acids is 1. The van der Waals surface area contributed by atoms with Crippen molar-refractivity contribution in [2.45, 2.75) is 46.2 Å². The molecular formula is C18H27KN2O5. The van der Waals surface area contributed by atoms with Crippen molar-refractivity contribution in [3.63, 3.8) is 0 Å².